The molecule has 0 amide bonds. The molecule has 618 valence electrons. The number of esters is 4. The monoisotopic (exact) mass is 1520 g/mol. The summed E-state index contributed by atoms with van der Waals surface area (Å²) >= 11 is 0. The van der Waals surface area contributed by atoms with E-state index in [1.165, 1.54) is 257 Å². The zero-order valence-corrected chi connectivity index (χ0v) is 70.3. The van der Waals surface area contributed by atoms with E-state index in [-0.39, 0.29) is 25.7 Å². The molecule has 0 aromatic carbocycles. The van der Waals surface area contributed by atoms with Crippen molar-refractivity contribution in [3.8, 4) is 0 Å². The maximum Gasteiger partial charge on any atom is 0.472 e. The van der Waals surface area contributed by atoms with Gasteiger partial charge in [0.2, 0.25) is 0 Å². The third-order valence-corrected chi connectivity index (χ3v) is 22.1. The van der Waals surface area contributed by atoms with Crippen LogP contribution >= 0.6 is 15.6 Å². The van der Waals surface area contributed by atoms with Gasteiger partial charge in [-0.2, -0.15) is 0 Å². The van der Waals surface area contributed by atoms with Crippen LogP contribution in [0, 0.1) is 17.8 Å². The van der Waals surface area contributed by atoms with Crippen molar-refractivity contribution in [3.63, 3.8) is 0 Å². The molecule has 0 aromatic rings. The van der Waals surface area contributed by atoms with Gasteiger partial charge in [0.05, 0.1) is 26.4 Å². The van der Waals surface area contributed by atoms with E-state index in [0.717, 1.165) is 108 Å². The molecular formula is C85H166O17P2. The van der Waals surface area contributed by atoms with Crippen LogP contribution in [0.25, 0.3) is 0 Å². The third-order valence-electron chi connectivity index (χ3n) is 20.2. The molecule has 0 aromatic heterocycles. The minimum absolute atomic E-state index is 0.104. The van der Waals surface area contributed by atoms with Gasteiger partial charge in [-0.15, -0.1) is 0 Å². The van der Waals surface area contributed by atoms with Crippen LogP contribution in [0.5, 0.6) is 0 Å². The normalized spacial score (nSPS) is 14.2. The topological polar surface area (TPSA) is 237 Å². The Kier molecular flexibility index (Phi) is 73.7. The summed E-state index contributed by atoms with van der Waals surface area (Å²) in [5, 5.41) is 10.7. The van der Waals surface area contributed by atoms with E-state index in [2.05, 4.69) is 48.5 Å². The fourth-order valence-corrected chi connectivity index (χ4v) is 14.7. The van der Waals surface area contributed by atoms with Crippen molar-refractivity contribution >= 4 is 39.5 Å². The largest absolute Gasteiger partial charge is 0.472 e. The van der Waals surface area contributed by atoms with Gasteiger partial charge in [0.15, 0.2) is 12.2 Å². The third kappa shape index (κ3) is 76.8. The first-order valence-corrected chi connectivity index (χ1v) is 46.9. The highest BCUT2D eigenvalue weighted by atomic mass is 31.2. The van der Waals surface area contributed by atoms with Crippen molar-refractivity contribution < 1.29 is 80.2 Å². The van der Waals surface area contributed by atoms with Crippen LogP contribution in [-0.2, 0) is 65.4 Å². The van der Waals surface area contributed by atoms with Crippen LogP contribution in [-0.4, -0.2) is 96.7 Å². The molecule has 0 saturated carbocycles. The molecule has 0 aliphatic rings. The standard InChI is InChI=1S/C85H166O17P2/c1-8-10-11-12-13-14-15-16-17-18-19-20-24-27-30-33-36-45-52-59-66-82(87)95-72-80(101-84(89)68-61-54-47-37-34-31-28-25-22-21-23-26-29-32-35-44-51-58-65-78(7)9-2)74-99-103(91,92)97-70-79(86)71-98-104(93,94)100-75-81(102-85(90)69-62-55-48-41-39-43-50-57-64-77(5)6)73-96-83(88)67-60-53-46-40-38-42-49-56-63-76(3)4/h76-81,86H,8-75H2,1-7H3,(H,91,92)(H,93,94)/t78?,79-,80-,81-/m1/s1. The molecule has 0 aliphatic heterocycles. The Morgan fingerprint density at radius 3 is 0.731 bits per heavy atom. The molecule has 0 bridgehead atoms. The number of phosphoric ester groups is 2. The van der Waals surface area contributed by atoms with Crippen molar-refractivity contribution in [2.75, 3.05) is 39.6 Å². The predicted octanol–water partition coefficient (Wildman–Crippen LogP) is 25.7. The summed E-state index contributed by atoms with van der Waals surface area (Å²) < 4.78 is 68.8. The summed E-state index contributed by atoms with van der Waals surface area (Å²) in [5.41, 5.74) is 0. The van der Waals surface area contributed by atoms with Gasteiger partial charge in [-0.25, -0.2) is 9.13 Å². The maximum absolute atomic E-state index is 13.1. The van der Waals surface area contributed by atoms with E-state index in [0.29, 0.717) is 25.7 Å². The molecule has 0 saturated heterocycles. The quantitative estimate of drug-likeness (QED) is 0.0222. The molecule has 6 atom stereocenters. The van der Waals surface area contributed by atoms with E-state index < -0.39 is 97.5 Å². The van der Waals surface area contributed by atoms with Crippen molar-refractivity contribution in [2.45, 2.75) is 465 Å². The molecule has 0 radical (unpaired) electrons. The number of aliphatic hydroxyl groups is 1. The minimum atomic E-state index is -4.97. The molecule has 0 rings (SSSR count). The summed E-state index contributed by atoms with van der Waals surface area (Å²) in [6.45, 7) is 11.9. The first-order chi connectivity index (χ1) is 50.3. The summed E-state index contributed by atoms with van der Waals surface area (Å²) in [6, 6.07) is 0. The second-order valence-electron chi connectivity index (χ2n) is 31.8. The van der Waals surface area contributed by atoms with Gasteiger partial charge in [0, 0.05) is 25.7 Å². The minimum Gasteiger partial charge on any atom is -0.462 e. The Bertz CT molecular complexity index is 2010. The zero-order chi connectivity index (χ0) is 76.5. The van der Waals surface area contributed by atoms with Crippen LogP contribution in [0.1, 0.15) is 447 Å². The number of hydrogen-bond acceptors (Lipinski definition) is 15. The summed E-state index contributed by atoms with van der Waals surface area (Å²) in [7, 11) is -9.92. The highest BCUT2D eigenvalue weighted by Crippen LogP contribution is 2.45. The summed E-state index contributed by atoms with van der Waals surface area (Å²) in [6.07, 6.45) is 65.5. The molecule has 3 unspecified atom stereocenters. The summed E-state index contributed by atoms with van der Waals surface area (Å²) in [4.78, 5) is 73.1. The van der Waals surface area contributed by atoms with E-state index in [1.807, 2.05) is 0 Å². The molecule has 0 aliphatic carbocycles. The predicted molar refractivity (Wildman–Crippen MR) is 428 cm³/mol. The Morgan fingerprint density at radius 2 is 0.490 bits per heavy atom. The lowest BCUT2D eigenvalue weighted by Gasteiger charge is -2.21. The van der Waals surface area contributed by atoms with E-state index in [4.69, 9.17) is 37.0 Å². The van der Waals surface area contributed by atoms with Crippen molar-refractivity contribution in [1.82, 2.24) is 0 Å². The molecule has 3 N–H and O–H groups in total. The van der Waals surface area contributed by atoms with Crippen LogP contribution in [0.4, 0.5) is 0 Å². The van der Waals surface area contributed by atoms with Gasteiger partial charge >= 0.3 is 39.5 Å². The second-order valence-corrected chi connectivity index (χ2v) is 34.7. The molecule has 17 nitrogen and oxygen atoms in total. The van der Waals surface area contributed by atoms with E-state index in [9.17, 15) is 43.2 Å². The number of aliphatic hydroxyl groups excluding tert-OH is 1. The number of carbonyl (C=O) groups is 4. The van der Waals surface area contributed by atoms with Crippen molar-refractivity contribution in [2.24, 2.45) is 17.8 Å². The fraction of sp³-hybridized carbons (Fsp3) is 0.953. The Balaban J connectivity index is 5.20. The highest BCUT2D eigenvalue weighted by molar-refractivity contribution is 7.47. The smallest absolute Gasteiger partial charge is 0.462 e. The van der Waals surface area contributed by atoms with Gasteiger partial charge in [0.25, 0.3) is 0 Å². The number of hydrogen-bond donors (Lipinski definition) is 3. The lowest BCUT2D eigenvalue weighted by molar-refractivity contribution is -0.161. The van der Waals surface area contributed by atoms with Crippen LogP contribution in [0.3, 0.4) is 0 Å². The Morgan fingerprint density at radius 1 is 0.279 bits per heavy atom. The number of unbranched alkanes of at least 4 members (excludes halogenated alkanes) is 50. The van der Waals surface area contributed by atoms with Gasteiger partial charge in [-0.05, 0) is 43.4 Å². The Hall–Kier alpha value is -1.94. The number of rotatable bonds is 83. The highest BCUT2D eigenvalue weighted by Gasteiger charge is 2.30. The first kappa shape index (κ1) is 102. The zero-order valence-electron chi connectivity index (χ0n) is 68.5. The first-order valence-electron chi connectivity index (χ1n) is 43.9. The molecule has 0 heterocycles. The molecule has 104 heavy (non-hydrogen) atoms. The molecule has 0 spiro atoms. The SMILES string of the molecule is CCCCCCCCCCCCCCCCCCCCCCC(=O)OC[C@H](COP(=O)(O)OC[C@@H](O)COP(=O)(O)OC[C@@H](COC(=O)CCCCCCCCCCC(C)C)OC(=O)CCCCCCCCCCC(C)C)OC(=O)CCCCCCCCCCCCCCCCCCCCC(C)CC. The van der Waals surface area contributed by atoms with Crippen LogP contribution in [0.15, 0.2) is 0 Å². The lowest BCUT2D eigenvalue weighted by atomic mass is 9.99. The fourth-order valence-electron chi connectivity index (χ4n) is 13.2. The van der Waals surface area contributed by atoms with Gasteiger partial charge in [-0.1, -0.05) is 395 Å². The van der Waals surface area contributed by atoms with Crippen LogP contribution in [0.2, 0.25) is 0 Å². The van der Waals surface area contributed by atoms with Gasteiger partial charge in [-0.3, -0.25) is 37.3 Å². The van der Waals surface area contributed by atoms with Crippen molar-refractivity contribution in [3.05, 3.63) is 0 Å². The van der Waals surface area contributed by atoms with Crippen molar-refractivity contribution in [1.29, 1.82) is 0 Å². The second kappa shape index (κ2) is 75.1. The lowest BCUT2D eigenvalue weighted by Crippen LogP contribution is -2.30. The van der Waals surface area contributed by atoms with E-state index >= 15 is 0 Å². The van der Waals surface area contributed by atoms with Gasteiger partial charge in [0.1, 0.15) is 19.3 Å². The van der Waals surface area contributed by atoms with E-state index in [1.54, 1.807) is 0 Å². The Labute approximate surface area is 638 Å². The number of carbonyl (C=O) groups excluding carboxylic acids is 4. The molecule has 0 fully saturated rings. The summed E-state index contributed by atoms with van der Waals surface area (Å²) in [5.74, 6) is 0.205. The average Bonchev–Trinajstić information content (AvgIpc) is 0.919. The maximum atomic E-state index is 13.1. The van der Waals surface area contributed by atoms with Gasteiger partial charge < -0.3 is 33.8 Å². The number of phosphoric acid groups is 2. The average molecular weight is 1520 g/mol. The number of ether oxygens (including phenoxy) is 4. The molecule has 19 heteroatoms. The van der Waals surface area contributed by atoms with Crippen LogP contribution < -0.4 is 0 Å². The molecular weight excluding hydrogens is 1350 g/mol.